The number of carbonyl (C=O) groups is 1. The van der Waals surface area contributed by atoms with Crippen LogP contribution in [0.5, 0.6) is 5.75 Å². The molecule has 1 fully saturated rings. The fourth-order valence-electron chi connectivity index (χ4n) is 2.55. The summed E-state index contributed by atoms with van der Waals surface area (Å²) < 4.78 is 21.0. The minimum atomic E-state index is -0.567. The molecule has 0 aromatic carbocycles. The number of aliphatic hydroxyl groups excluding tert-OH is 1. The molecule has 2 aromatic heterocycles. The molecular weight excluding hydrogens is 303 g/mol. The Morgan fingerprint density at radius 2 is 2.22 bits per heavy atom. The zero-order valence-corrected chi connectivity index (χ0v) is 12.9. The zero-order chi connectivity index (χ0) is 16.6. The van der Waals surface area contributed by atoms with E-state index < -0.39 is 5.82 Å². The van der Waals surface area contributed by atoms with Gasteiger partial charge in [0.2, 0.25) is 6.41 Å². The van der Waals surface area contributed by atoms with Crippen molar-refractivity contribution in [3.05, 3.63) is 35.0 Å². The van der Waals surface area contributed by atoms with E-state index in [9.17, 15) is 14.3 Å². The van der Waals surface area contributed by atoms with Gasteiger partial charge in [-0.2, -0.15) is 5.10 Å². The number of aromatic nitrogens is 3. The fourth-order valence-corrected chi connectivity index (χ4v) is 2.55. The van der Waals surface area contributed by atoms with Crippen LogP contribution in [0.2, 0.25) is 0 Å². The third-order valence-electron chi connectivity index (χ3n) is 3.94. The number of ether oxygens (including phenoxy) is 1. The van der Waals surface area contributed by atoms with Gasteiger partial charge in [0.15, 0.2) is 17.4 Å². The maximum absolute atomic E-state index is 13.9. The van der Waals surface area contributed by atoms with Crippen molar-refractivity contribution in [1.82, 2.24) is 19.7 Å². The lowest BCUT2D eigenvalue weighted by atomic mass is 10.2. The molecule has 3 rings (SSSR count). The van der Waals surface area contributed by atoms with Crippen LogP contribution in [0.1, 0.15) is 17.0 Å². The number of pyridine rings is 1. The van der Waals surface area contributed by atoms with Crippen LogP contribution in [0.4, 0.5) is 4.39 Å². The molecule has 1 amide bonds. The van der Waals surface area contributed by atoms with Crippen molar-refractivity contribution in [1.29, 1.82) is 0 Å². The van der Waals surface area contributed by atoms with Gasteiger partial charge in [-0.3, -0.25) is 4.79 Å². The molecular formula is C15H17FN4O3. The summed E-state index contributed by atoms with van der Waals surface area (Å²) in [6.07, 6.45) is 1.59. The monoisotopic (exact) mass is 320 g/mol. The maximum atomic E-state index is 13.9. The summed E-state index contributed by atoms with van der Waals surface area (Å²) in [6, 6.07) is 1.47. The van der Waals surface area contributed by atoms with E-state index in [0.29, 0.717) is 24.6 Å². The largest absolute Gasteiger partial charge is 0.483 e. The summed E-state index contributed by atoms with van der Waals surface area (Å²) in [4.78, 5) is 16.1. The first-order valence-corrected chi connectivity index (χ1v) is 7.21. The van der Waals surface area contributed by atoms with Crippen molar-refractivity contribution in [2.45, 2.75) is 26.6 Å². The Kier molecular flexibility index (Phi) is 3.99. The average molecular weight is 320 g/mol. The van der Waals surface area contributed by atoms with E-state index >= 15 is 0 Å². The quantitative estimate of drug-likeness (QED) is 0.822. The molecule has 122 valence electrons. The molecule has 0 saturated carbocycles. The van der Waals surface area contributed by atoms with Gasteiger partial charge in [0.1, 0.15) is 6.10 Å². The summed E-state index contributed by atoms with van der Waals surface area (Å²) in [5.74, 6) is -0.0841. The van der Waals surface area contributed by atoms with Crippen molar-refractivity contribution in [2.75, 3.05) is 13.1 Å². The molecule has 0 atom stereocenters. The maximum Gasteiger partial charge on any atom is 0.209 e. The molecule has 0 radical (unpaired) electrons. The molecule has 1 aliphatic heterocycles. The third-order valence-corrected chi connectivity index (χ3v) is 3.94. The van der Waals surface area contributed by atoms with E-state index in [-0.39, 0.29) is 18.5 Å². The van der Waals surface area contributed by atoms with Crippen LogP contribution in [0.3, 0.4) is 0 Å². The van der Waals surface area contributed by atoms with E-state index in [1.54, 1.807) is 16.5 Å². The van der Waals surface area contributed by atoms with Crippen molar-refractivity contribution in [3.8, 4) is 11.6 Å². The number of hydrogen-bond donors (Lipinski definition) is 1. The van der Waals surface area contributed by atoms with E-state index in [1.165, 1.54) is 6.07 Å². The van der Waals surface area contributed by atoms with Crippen LogP contribution >= 0.6 is 0 Å². The van der Waals surface area contributed by atoms with Gasteiger partial charge >= 0.3 is 0 Å². The number of halogens is 1. The summed E-state index contributed by atoms with van der Waals surface area (Å²) in [5, 5.41) is 13.7. The van der Waals surface area contributed by atoms with Gasteiger partial charge < -0.3 is 14.7 Å². The molecule has 1 N–H and O–H groups in total. The highest BCUT2D eigenvalue weighted by atomic mass is 19.1. The first-order valence-electron chi connectivity index (χ1n) is 7.21. The van der Waals surface area contributed by atoms with Crippen molar-refractivity contribution < 1.29 is 19.0 Å². The number of rotatable bonds is 5. The van der Waals surface area contributed by atoms with Crippen molar-refractivity contribution in [3.63, 3.8) is 0 Å². The molecule has 1 saturated heterocycles. The Morgan fingerprint density at radius 1 is 1.48 bits per heavy atom. The average Bonchev–Trinajstić information content (AvgIpc) is 2.78. The van der Waals surface area contributed by atoms with E-state index in [1.807, 2.05) is 6.92 Å². The van der Waals surface area contributed by atoms with Gasteiger partial charge in [-0.05, 0) is 13.8 Å². The number of aryl methyl sites for hydroxylation is 1. The molecule has 1 aliphatic rings. The molecule has 8 heteroatoms. The van der Waals surface area contributed by atoms with E-state index in [0.717, 1.165) is 23.9 Å². The van der Waals surface area contributed by atoms with Gasteiger partial charge in [-0.25, -0.2) is 14.1 Å². The van der Waals surface area contributed by atoms with Crippen LogP contribution in [-0.2, 0) is 11.4 Å². The zero-order valence-electron chi connectivity index (χ0n) is 12.9. The van der Waals surface area contributed by atoms with Gasteiger partial charge in [-0.15, -0.1) is 0 Å². The summed E-state index contributed by atoms with van der Waals surface area (Å²) in [6.45, 7) is 4.36. The number of amides is 1. The SMILES string of the molecule is Cc1nn(-c2cc(OC3CN(C=O)C3)c(F)cn2)c(C)c1CO. The Labute approximate surface area is 132 Å². The van der Waals surface area contributed by atoms with Gasteiger partial charge in [0.25, 0.3) is 0 Å². The van der Waals surface area contributed by atoms with Gasteiger partial charge in [0.05, 0.1) is 31.6 Å². The standard InChI is InChI=1S/C15H17FN4O3/c1-9-12(7-21)10(2)20(18-9)15-3-14(13(16)4-17-15)23-11-5-19(6-11)8-22/h3-4,8,11,21H,5-7H2,1-2H3. The lowest BCUT2D eigenvalue weighted by molar-refractivity contribution is -0.126. The van der Waals surface area contributed by atoms with Crippen LogP contribution in [0, 0.1) is 19.7 Å². The lowest BCUT2D eigenvalue weighted by Gasteiger charge is -2.36. The number of carbonyl (C=O) groups excluding carboxylic acids is 1. The second-order valence-corrected chi connectivity index (χ2v) is 5.49. The number of aliphatic hydroxyl groups is 1. The summed E-state index contributed by atoms with van der Waals surface area (Å²) in [5.41, 5.74) is 2.16. The number of nitrogens with zero attached hydrogens (tertiary/aromatic N) is 4. The predicted molar refractivity (Wildman–Crippen MR) is 78.8 cm³/mol. The van der Waals surface area contributed by atoms with E-state index in [2.05, 4.69) is 10.1 Å². The molecule has 0 unspecified atom stereocenters. The first-order chi connectivity index (χ1) is 11.0. The highest BCUT2D eigenvalue weighted by Crippen LogP contribution is 2.24. The lowest BCUT2D eigenvalue weighted by Crippen LogP contribution is -2.52. The Hall–Kier alpha value is -2.48. The second-order valence-electron chi connectivity index (χ2n) is 5.49. The van der Waals surface area contributed by atoms with E-state index in [4.69, 9.17) is 4.74 Å². The minimum Gasteiger partial charge on any atom is -0.483 e. The van der Waals surface area contributed by atoms with Crippen LogP contribution in [0.15, 0.2) is 12.3 Å². The second kappa shape index (κ2) is 5.96. The molecule has 2 aromatic rings. The fraction of sp³-hybridized carbons (Fsp3) is 0.400. The summed E-state index contributed by atoms with van der Waals surface area (Å²) in [7, 11) is 0. The van der Waals surface area contributed by atoms with Crippen molar-refractivity contribution >= 4 is 6.41 Å². The third kappa shape index (κ3) is 2.77. The minimum absolute atomic E-state index is 0.0728. The Morgan fingerprint density at radius 3 is 2.83 bits per heavy atom. The topological polar surface area (TPSA) is 80.5 Å². The van der Waals surface area contributed by atoms with Crippen LogP contribution in [0.25, 0.3) is 5.82 Å². The van der Waals surface area contributed by atoms with Gasteiger partial charge in [-0.1, -0.05) is 0 Å². The first kappa shape index (κ1) is 15.4. The molecule has 0 spiro atoms. The van der Waals surface area contributed by atoms with Crippen LogP contribution < -0.4 is 4.74 Å². The van der Waals surface area contributed by atoms with Crippen molar-refractivity contribution in [2.24, 2.45) is 0 Å². The molecule has 7 nitrogen and oxygen atoms in total. The molecule has 23 heavy (non-hydrogen) atoms. The normalized spacial score (nSPS) is 14.7. The molecule has 3 heterocycles. The highest BCUT2D eigenvalue weighted by Gasteiger charge is 2.28. The predicted octanol–water partition coefficient (Wildman–Crippen LogP) is 0.735. The number of likely N-dealkylation sites (tertiary alicyclic amines) is 1. The Bertz CT molecular complexity index is 741. The number of hydrogen-bond acceptors (Lipinski definition) is 5. The van der Waals surface area contributed by atoms with Gasteiger partial charge in [0, 0.05) is 17.3 Å². The highest BCUT2D eigenvalue weighted by molar-refractivity contribution is 5.49. The summed E-state index contributed by atoms with van der Waals surface area (Å²) >= 11 is 0. The van der Waals surface area contributed by atoms with Crippen LogP contribution in [-0.4, -0.2) is 50.4 Å². The molecule has 0 aliphatic carbocycles. The molecule has 0 bridgehead atoms. The Balaban J connectivity index is 1.87. The smallest absolute Gasteiger partial charge is 0.209 e.